The maximum Gasteiger partial charge on any atom is 0.126 e. The predicted molar refractivity (Wildman–Crippen MR) is 78.3 cm³/mol. The fraction of sp³-hybridized carbons (Fsp3) is 0.625. The lowest BCUT2D eigenvalue weighted by Crippen LogP contribution is -2.12. The molecule has 0 saturated heterocycles. The highest BCUT2D eigenvalue weighted by molar-refractivity contribution is 5.55. The lowest BCUT2D eigenvalue weighted by atomic mass is 9.85. The van der Waals surface area contributed by atoms with Crippen molar-refractivity contribution in [3.63, 3.8) is 0 Å². The predicted octanol–water partition coefficient (Wildman–Crippen LogP) is 3.03. The highest BCUT2D eigenvalue weighted by Gasteiger charge is 2.23. The van der Waals surface area contributed by atoms with Crippen LogP contribution in [0.2, 0.25) is 0 Å². The van der Waals surface area contributed by atoms with Crippen LogP contribution in [0.1, 0.15) is 48.8 Å². The second kappa shape index (κ2) is 6.29. The molecule has 1 aliphatic carbocycles. The van der Waals surface area contributed by atoms with E-state index in [1.54, 1.807) is 14.2 Å². The maximum absolute atomic E-state index is 5.71. The Morgan fingerprint density at radius 1 is 1.16 bits per heavy atom. The van der Waals surface area contributed by atoms with Gasteiger partial charge in [0.25, 0.3) is 0 Å². The molecule has 106 valence electrons. The minimum atomic E-state index is 0.404. The molecule has 2 N–H and O–H groups in total. The molecule has 0 bridgehead atoms. The van der Waals surface area contributed by atoms with Gasteiger partial charge in [0.2, 0.25) is 0 Å². The number of nitrogens with two attached hydrogens (primary N) is 1. The van der Waals surface area contributed by atoms with Crippen molar-refractivity contribution in [1.29, 1.82) is 0 Å². The van der Waals surface area contributed by atoms with Gasteiger partial charge in [0.15, 0.2) is 0 Å². The van der Waals surface area contributed by atoms with Crippen LogP contribution >= 0.6 is 0 Å². The van der Waals surface area contributed by atoms with Crippen LogP contribution in [0.5, 0.6) is 11.5 Å². The molecule has 3 heteroatoms. The van der Waals surface area contributed by atoms with E-state index in [4.69, 9.17) is 15.2 Å². The van der Waals surface area contributed by atoms with Gasteiger partial charge in [-0.15, -0.1) is 0 Å². The number of benzene rings is 1. The molecule has 19 heavy (non-hydrogen) atoms. The number of methoxy groups -OCH3 is 2. The van der Waals surface area contributed by atoms with Gasteiger partial charge < -0.3 is 15.2 Å². The first-order valence-corrected chi connectivity index (χ1v) is 7.19. The Hall–Kier alpha value is -1.22. The molecule has 1 aromatic rings. The Balaban J connectivity index is 2.53. The van der Waals surface area contributed by atoms with Crippen molar-refractivity contribution in [2.75, 3.05) is 20.8 Å². The Morgan fingerprint density at radius 2 is 1.84 bits per heavy atom. The zero-order valence-electron chi connectivity index (χ0n) is 12.3. The highest BCUT2D eigenvalue weighted by atomic mass is 16.5. The Kier molecular flexibility index (Phi) is 4.70. The molecule has 0 radical (unpaired) electrons. The van der Waals surface area contributed by atoms with Crippen LogP contribution in [0.15, 0.2) is 6.07 Å². The fourth-order valence-corrected chi connectivity index (χ4v) is 3.09. The van der Waals surface area contributed by atoms with Crippen molar-refractivity contribution in [2.45, 2.75) is 44.9 Å². The molecule has 1 atom stereocenters. The summed E-state index contributed by atoms with van der Waals surface area (Å²) in [6.45, 7) is 2.91. The van der Waals surface area contributed by atoms with E-state index in [2.05, 4.69) is 13.0 Å². The van der Waals surface area contributed by atoms with Crippen molar-refractivity contribution in [3.8, 4) is 11.5 Å². The van der Waals surface area contributed by atoms with Gasteiger partial charge in [-0.2, -0.15) is 0 Å². The normalized spacial score (nSPS) is 15.8. The van der Waals surface area contributed by atoms with Crippen molar-refractivity contribution < 1.29 is 9.47 Å². The van der Waals surface area contributed by atoms with E-state index in [-0.39, 0.29) is 0 Å². The van der Waals surface area contributed by atoms with Gasteiger partial charge in [-0.25, -0.2) is 0 Å². The lowest BCUT2D eigenvalue weighted by molar-refractivity contribution is 0.382. The van der Waals surface area contributed by atoms with Gasteiger partial charge in [-0.3, -0.25) is 0 Å². The molecule has 0 aromatic heterocycles. The number of fused-ring (bicyclic) bond motifs is 1. The first-order valence-electron chi connectivity index (χ1n) is 7.19. The van der Waals surface area contributed by atoms with Gasteiger partial charge in [-0.1, -0.05) is 6.92 Å². The van der Waals surface area contributed by atoms with E-state index >= 15 is 0 Å². The van der Waals surface area contributed by atoms with E-state index in [0.29, 0.717) is 12.5 Å². The van der Waals surface area contributed by atoms with E-state index < -0.39 is 0 Å². The van der Waals surface area contributed by atoms with Crippen molar-refractivity contribution >= 4 is 0 Å². The fourth-order valence-electron chi connectivity index (χ4n) is 3.09. The zero-order chi connectivity index (χ0) is 13.8. The monoisotopic (exact) mass is 263 g/mol. The van der Waals surface area contributed by atoms with Crippen molar-refractivity contribution in [1.82, 2.24) is 0 Å². The summed E-state index contributed by atoms with van der Waals surface area (Å²) in [5.74, 6) is 2.49. The average molecular weight is 263 g/mol. The zero-order valence-corrected chi connectivity index (χ0v) is 12.3. The number of rotatable bonds is 5. The smallest absolute Gasteiger partial charge is 0.126 e. The highest BCUT2D eigenvalue weighted by Crippen LogP contribution is 2.42. The second-order valence-corrected chi connectivity index (χ2v) is 5.34. The third-order valence-corrected chi connectivity index (χ3v) is 4.14. The molecule has 1 aromatic carbocycles. The molecule has 0 spiro atoms. The first-order chi connectivity index (χ1) is 9.22. The van der Waals surface area contributed by atoms with E-state index in [1.807, 2.05) is 0 Å². The van der Waals surface area contributed by atoms with E-state index in [9.17, 15) is 0 Å². The standard InChI is InChI=1S/C16H25NO2/c1-11(8-9-17)14-10-15(18-2)12-6-4-5-7-13(12)16(14)19-3/h10-11H,4-9,17H2,1-3H3. The molecule has 1 aliphatic rings. The second-order valence-electron chi connectivity index (χ2n) is 5.34. The van der Waals surface area contributed by atoms with Crippen LogP contribution in [0.4, 0.5) is 0 Å². The SMILES string of the molecule is COc1cc(C(C)CCN)c(OC)c2c1CCCC2. The van der Waals surface area contributed by atoms with Crippen molar-refractivity contribution in [3.05, 3.63) is 22.8 Å². The molecular formula is C16H25NO2. The van der Waals surface area contributed by atoms with E-state index in [1.165, 1.54) is 29.5 Å². The topological polar surface area (TPSA) is 44.5 Å². The van der Waals surface area contributed by atoms with Crippen LogP contribution in [0.25, 0.3) is 0 Å². The van der Waals surface area contributed by atoms with Gasteiger partial charge in [0.05, 0.1) is 14.2 Å². The quantitative estimate of drug-likeness (QED) is 0.888. The minimum Gasteiger partial charge on any atom is -0.496 e. The van der Waals surface area contributed by atoms with Gasteiger partial charge >= 0.3 is 0 Å². The Bertz CT molecular complexity index is 443. The van der Waals surface area contributed by atoms with Crippen molar-refractivity contribution in [2.24, 2.45) is 5.73 Å². The molecule has 0 heterocycles. The minimum absolute atomic E-state index is 0.404. The summed E-state index contributed by atoms with van der Waals surface area (Å²) in [6.07, 6.45) is 5.64. The molecule has 3 nitrogen and oxygen atoms in total. The molecular weight excluding hydrogens is 238 g/mol. The molecule has 1 unspecified atom stereocenters. The van der Waals surface area contributed by atoms with Crippen LogP contribution in [-0.2, 0) is 12.8 Å². The van der Waals surface area contributed by atoms with E-state index in [0.717, 1.165) is 30.8 Å². The summed E-state index contributed by atoms with van der Waals surface area (Å²) in [5, 5.41) is 0. The Morgan fingerprint density at radius 3 is 2.42 bits per heavy atom. The molecule has 0 aliphatic heterocycles. The first kappa shape index (κ1) is 14.2. The number of ether oxygens (including phenoxy) is 2. The summed E-state index contributed by atoms with van der Waals surface area (Å²) in [4.78, 5) is 0. The van der Waals surface area contributed by atoms with Crippen LogP contribution in [0.3, 0.4) is 0 Å². The molecule has 0 fully saturated rings. The summed E-state index contributed by atoms with van der Waals surface area (Å²) in [7, 11) is 3.53. The third kappa shape index (κ3) is 2.71. The van der Waals surface area contributed by atoms with Crippen LogP contribution in [-0.4, -0.2) is 20.8 Å². The lowest BCUT2D eigenvalue weighted by Gasteiger charge is -2.26. The van der Waals surface area contributed by atoms with Crippen LogP contribution in [0, 0.1) is 0 Å². The van der Waals surface area contributed by atoms with Crippen LogP contribution < -0.4 is 15.2 Å². The third-order valence-electron chi connectivity index (χ3n) is 4.14. The van der Waals surface area contributed by atoms with Gasteiger partial charge in [-0.05, 0) is 50.6 Å². The number of hydrogen-bond donors (Lipinski definition) is 1. The average Bonchev–Trinajstić information content (AvgIpc) is 2.45. The molecule has 2 rings (SSSR count). The summed E-state index contributed by atoms with van der Waals surface area (Å²) < 4.78 is 11.3. The maximum atomic E-state index is 5.71. The van der Waals surface area contributed by atoms with Gasteiger partial charge in [0, 0.05) is 16.7 Å². The number of hydrogen-bond acceptors (Lipinski definition) is 3. The summed E-state index contributed by atoms with van der Waals surface area (Å²) in [5.41, 5.74) is 9.63. The summed E-state index contributed by atoms with van der Waals surface area (Å²) in [6, 6.07) is 2.16. The van der Waals surface area contributed by atoms with Gasteiger partial charge in [0.1, 0.15) is 11.5 Å². The largest absolute Gasteiger partial charge is 0.496 e. The summed E-state index contributed by atoms with van der Waals surface area (Å²) >= 11 is 0. The Labute approximate surface area is 116 Å². The molecule has 0 saturated carbocycles. The molecule has 0 amide bonds.